The van der Waals surface area contributed by atoms with Gasteiger partial charge in [-0.15, -0.1) is 9.05 Å². The molecule has 2 aliphatic heterocycles. The molecule has 2 unspecified atom stereocenters. The molecule has 8 heteroatoms. The molecule has 4 rings (SSSR count). The fourth-order valence-corrected chi connectivity index (χ4v) is 3.96. The van der Waals surface area contributed by atoms with Gasteiger partial charge in [-0.2, -0.15) is 0 Å². The molecule has 28 heavy (non-hydrogen) atoms. The van der Waals surface area contributed by atoms with Gasteiger partial charge < -0.3 is 9.47 Å². The van der Waals surface area contributed by atoms with E-state index in [0.29, 0.717) is 24.0 Å². The molecular formula is C20H18O7P+. The van der Waals surface area contributed by atoms with Crippen LogP contribution in [0.1, 0.15) is 56.9 Å². The number of carbonyl (C=O) groups excluding carboxylic acids is 2. The molecule has 2 heterocycles. The lowest BCUT2D eigenvalue weighted by molar-refractivity contribution is 0.0331. The van der Waals surface area contributed by atoms with Gasteiger partial charge in [0.25, 0.3) is 0 Å². The van der Waals surface area contributed by atoms with Crippen LogP contribution in [0, 0.1) is 0 Å². The number of fused-ring (bicyclic) bond motifs is 2. The molecule has 0 fully saturated rings. The second-order valence-corrected chi connectivity index (χ2v) is 7.39. The van der Waals surface area contributed by atoms with Gasteiger partial charge in [0.05, 0.1) is 11.1 Å². The third-order valence-electron chi connectivity index (χ3n) is 4.71. The first-order valence-corrected chi connectivity index (χ1v) is 10.1. The normalized spacial score (nSPS) is 20.4. The monoisotopic (exact) mass is 401 g/mol. The van der Waals surface area contributed by atoms with Gasteiger partial charge in [0.1, 0.15) is 25.4 Å². The summed E-state index contributed by atoms with van der Waals surface area (Å²) in [5.41, 5.74) is 2.74. The molecule has 0 spiro atoms. The summed E-state index contributed by atoms with van der Waals surface area (Å²) in [7, 11) is -2.31. The van der Waals surface area contributed by atoms with Gasteiger partial charge in [0.15, 0.2) is 0 Å². The number of carbonyl (C=O) groups is 2. The number of benzene rings is 2. The van der Waals surface area contributed by atoms with E-state index in [2.05, 4.69) is 0 Å². The minimum absolute atomic E-state index is 0.128. The lowest BCUT2D eigenvalue weighted by Crippen LogP contribution is -2.04. The van der Waals surface area contributed by atoms with Gasteiger partial charge in [-0.3, -0.25) is 0 Å². The highest BCUT2D eigenvalue weighted by Crippen LogP contribution is 2.36. The van der Waals surface area contributed by atoms with E-state index < -0.39 is 20.5 Å². The fourth-order valence-electron chi connectivity index (χ4n) is 3.37. The molecule has 0 aliphatic carbocycles. The summed E-state index contributed by atoms with van der Waals surface area (Å²) >= 11 is 0. The quantitative estimate of drug-likeness (QED) is 0.482. The number of rotatable bonds is 8. The van der Waals surface area contributed by atoms with Crippen LogP contribution < -0.4 is 0 Å². The van der Waals surface area contributed by atoms with E-state index in [4.69, 9.17) is 18.5 Å². The summed E-state index contributed by atoms with van der Waals surface area (Å²) in [6, 6.07) is 14.3. The van der Waals surface area contributed by atoms with Crippen molar-refractivity contribution in [3.63, 3.8) is 0 Å². The SMILES string of the molecule is O=C1OC(CCO[P+](=O)OCCC2OC(=O)c3ccccc32)c2ccccc21. The summed E-state index contributed by atoms with van der Waals surface area (Å²) < 4.78 is 32.9. The Morgan fingerprint density at radius 3 is 1.64 bits per heavy atom. The van der Waals surface area contributed by atoms with Crippen molar-refractivity contribution in [3.05, 3.63) is 70.8 Å². The van der Waals surface area contributed by atoms with E-state index in [1.54, 1.807) is 24.3 Å². The van der Waals surface area contributed by atoms with Crippen molar-refractivity contribution in [3.8, 4) is 0 Å². The third-order valence-corrected chi connectivity index (χ3v) is 5.49. The molecule has 0 saturated heterocycles. The van der Waals surface area contributed by atoms with Crippen LogP contribution in [0.15, 0.2) is 48.5 Å². The first-order chi connectivity index (χ1) is 13.6. The van der Waals surface area contributed by atoms with Gasteiger partial charge >= 0.3 is 20.2 Å². The molecule has 0 bridgehead atoms. The number of cyclic esters (lactones) is 2. The minimum atomic E-state index is -2.31. The average Bonchev–Trinajstić information content (AvgIpc) is 3.20. The molecule has 0 N–H and O–H groups in total. The minimum Gasteiger partial charge on any atom is -0.454 e. The van der Waals surface area contributed by atoms with Crippen molar-refractivity contribution in [2.45, 2.75) is 25.0 Å². The smallest absolute Gasteiger partial charge is 0.454 e. The summed E-state index contributed by atoms with van der Waals surface area (Å²) in [5.74, 6) is -0.708. The Morgan fingerprint density at radius 1 is 0.750 bits per heavy atom. The average molecular weight is 401 g/mol. The van der Waals surface area contributed by atoms with Crippen LogP contribution in [0.2, 0.25) is 0 Å². The van der Waals surface area contributed by atoms with E-state index in [-0.39, 0.29) is 25.2 Å². The molecule has 0 amide bonds. The molecule has 0 aromatic heterocycles. The first-order valence-electron chi connectivity index (χ1n) is 8.96. The van der Waals surface area contributed by atoms with Gasteiger partial charge in [-0.25, -0.2) is 9.59 Å². The van der Waals surface area contributed by atoms with Crippen LogP contribution >= 0.6 is 8.25 Å². The van der Waals surface area contributed by atoms with Crippen molar-refractivity contribution < 1.29 is 32.7 Å². The summed E-state index contributed by atoms with van der Waals surface area (Å²) in [6.07, 6.45) is -0.0234. The molecular weight excluding hydrogens is 383 g/mol. The van der Waals surface area contributed by atoms with Crippen molar-refractivity contribution in [1.82, 2.24) is 0 Å². The largest absolute Gasteiger partial charge is 0.697 e. The highest BCUT2D eigenvalue weighted by molar-refractivity contribution is 7.33. The van der Waals surface area contributed by atoms with E-state index in [1.807, 2.05) is 24.3 Å². The van der Waals surface area contributed by atoms with Crippen LogP contribution in [-0.2, 0) is 23.1 Å². The highest BCUT2D eigenvalue weighted by Gasteiger charge is 2.33. The van der Waals surface area contributed by atoms with Crippen LogP contribution in [0.4, 0.5) is 0 Å². The molecule has 2 aromatic carbocycles. The van der Waals surface area contributed by atoms with Crippen LogP contribution in [0.5, 0.6) is 0 Å². The van der Waals surface area contributed by atoms with Crippen LogP contribution in [-0.4, -0.2) is 25.2 Å². The Labute approximate surface area is 162 Å². The topological polar surface area (TPSA) is 88.1 Å². The standard InChI is InChI=1S/C20H18O7P/c21-19-15-7-3-1-5-13(15)17(26-19)9-11-24-28(23)25-12-10-18-14-6-2-4-8-16(14)20(22)27-18/h1-8,17-18H,9-12H2/q+1. The van der Waals surface area contributed by atoms with E-state index in [9.17, 15) is 14.2 Å². The molecule has 2 atom stereocenters. The maximum absolute atomic E-state index is 11.9. The molecule has 2 aliphatic rings. The third kappa shape index (κ3) is 3.83. The fraction of sp³-hybridized carbons (Fsp3) is 0.300. The predicted octanol–water partition coefficient (Wildman–Crippen LogP) is 4.28. The van der Waals surface area contributed by atoms with Gasteiger partial charge in [-0.05, 0) is 12.1 Å². The molecule has 2 aromatic rings. The van der Waals surface area contributed by atoms with Crippen molar-refractivity contribution in [2.75, 3.05) is 13.2 Å². The van der Waals surface area contributed by atoms with Crippen molar-refractivity contribution in [2.24, 2.45) is 0 Å². The predicted molar refractivity (Wildman–Crippen MR) is 97.9 cm³/mol. The maximum Gasteiger partial charge on any atom is 0.697 e. The van der Waals surface area contributed by atoms with Gasteiger partial charge in [-0.1, -0.05) is 36.4 Å². The summed E-state index contributed by atoms with van der Waals surface area (Å²) in [5, 5.41) is 0. The zero-order chi connectivity index (χ0) is 19.5. The second kappa shape index (κ2) is 8.19. The van der Waals surface area contributed by atoms with Gasteiger partial charge in [0.2, 0.25) is 0 Å². The Bertz CT molecular complexity index is 853. The molecule has 144 valence electrons. The van der Waals surface area contributed by atoms with E-state index in [0.717, 1.165) is 11.1 Å². The van der Waals surface area contributed by atoms with Crippen LogP contribution in [0.25, 0.3) is 0 Å². The first kappa shape index (κ1) is 18.7. The van der Waals surface area contributed by atoms with E-state index >= 15 is 0 Å². The highest BCUT2D eigenvalue weighted by atomic mass is 31.1. The lowest BCUT2D eigenvalue weighted by Gasteiger charge is -2.08. The van der Waals surface area contributed by atoms with Crippen LogP contribution in [0.3, 0.4) is 0 Å². The van der Waals surface area contributed by atoms with E-state index in [1.165, 1.54) is 0 Å². The lowest BCUT2D eigenvalue weighted by atomic mass is 10.0. The Balaban J connectivity index is 1.19. The Kier molecular flexibility index (Phi) is 5.48. The zero-order valence-corrected chi connectivity index (χ0v) is 15.8. The Hall–Kier alpha value is -2.60. The zero-order valence-electron chi connectivity index (χ0n) is 14.9. The molecule has 0 saturated carbocycles. The van der Waals surface area contributed by atoms with Crippen molar-refractivity contribution >= 4 is 20.2 Å². The summed E-state index contributed by atoms with van der Waals surface area (Å²) in [6.45, 7) is 0.255. The number of hydrogen-bond donors (Lipinski definition) is 0. The maximum atomic E-state index is 11.9. The number of ether oxygens (including phenoxy) is 2. The molecule has 7 nitrogen and oxygen atoms in total. The number of esters is 2. The summed E-state index contributed by atoms with van der Waals surface area (Å²) in [4.78, 5) is 23.5. The van der Waals surface area contributed by atoms with Crippen molar-refractivity contribution in [1.29, 1.82) is 0 Å². The second-order valence-electron chi connectivity index (χ2n) is 6.43. The number of hydrogen-bond acceptors (Lipinski definition) is 7. The van der Waals surface area contributed by atoms with Gasteiger partial charge in [0, 0.05) is 28.5 Å². The Morgan fingerprint density at radius 2 is 1.18 bits per heavy atom. The molecule has 0 radical (unpaired) electrons.